The van der Waals surface area contributed by atoms with Crippen molar-refractivity contribution >= 4 is 27.9 Å². The number of aliphatic hydroxyl groups is 1. The van der Waals surface area contributed by atoms with Gasteiger partial charge in [0.1, 0.15) is 0 Å². The summed E-state index contributed by atoms with van der Waals surface area (Å²) in [5.41, 5.74) is 0.802. The van der Waals surface area contributed by atoms with E-state index in [-0.39, 0.29) is 16.9 Å². The van der Waals surface area contributed by atoms with E-state index < -0.39 is 18.4 Å². The van der Waals surface area contributed by atoms with Gasteiger partial charge in [0, 0.05) is 66.7 Å². The average molecular weight is 536 g/mol. The van der Waals surface area contributed by atoms with E-state index in [1.165, 1.54) is 11.3 Å². The van der Waals surface area contributed by atoms with Crippen molar-refractivity contribution in [3.63, 3.8) is 0 Å². The fraction of sp³-hybridized carbons (Fsp3) is 0.556. The Labute approximate surface area is 218 Å². The van der Waals surface area contributed by atoms with Crippen molar-refractivity contribution in [1.29, 1.82) is 0 Å². The number of ketones is 1. The summed E-state index contributed by atoms with van der Waals surface area (Å²) in [6.45, 7) is 0.710. The second kappa shape index (κ2) is 10.4. The Hall–Kier alpha value is -2.43. The lowest BCUT2D eigenvalue weighted by Gasteiger charge is -2.38. The number of hydrogen-bond acceptors (Lipinski definition) is 6. The fourth-order valence-corrected chi connectivity index (χ4v) is 6.48. The molecule has 1 N–H and O–H groups in total. The molecule has 10 heteroatoms. The first kappa shape index (κ1) is 26.2. The molecule has 0 spiro atoms. The topological polar surface area (TPSA) is 67.6 Å². The Kier molecular flexibility index (Phi) is 7.35. The first-order valence-electron chi connectivity index (χ1n) is 12.8. The predicted octanol–water partition coefficient (Wildman–Crippen LogP) is 5.52. The third-order valence-corrected chi connectivity index (χ3v) is 8.74. The molecule has 3 aromatic rings. The zero-order chi connectivity index (χ0) is 26.2. The Balaban J connectivity index is 1.09. The van der Waals surface area contributed by atoms with E-state index in [0.29, 0.717) is 38.8 Å². The van der Waals surface area contributed by atoms with Crippen molar-refractivity contribution in [3.8, 4) is 5.19 Å². The van der Waals surface area contributed by atoms with Crippen molar-refractivity contribution in [2.45, 2.75) is 63.3 Å². The lowest BCUT2D eigenvalue weighted by molar-refractivity contribution is -0.153. The van der Waals surface area contributed by atoms with E-state index in [1.54, 1.807) is 0 Å². The molecule has 3 heterocycles. The van der Waals surface area contributed by atoms with Crippen molar-refractivity contribution in [1.82, 2.24) is 14.5 Å². The maximum atomic E-state index is 13.1. The van der Waals surface area contributed by atoms with Crippen LogP contribution in [0.3, 0.4) is 0 Å². The second-order valence-corrected chi connectivity index (χ2v) is 11.6. The molecular formula is C27H32F3N3O3S. The molecule has 2 aliphatic rings. The van der Waals surface area contributed by atoms with E-state index in [9.17, 15) is 23.1 Å². The van der Waals surface area contributed by atoms with Crippen LogP contribution in [0, 0.1) is 5.92 Å². The van der Waals surface area contributed by atoms with E-state index in [0.717, 1.165) is 52.7 Å². The maximum Gasteiger partial charge on any atom is 0.422 e. The van der Waals surface area contributed by atoms with Crippen LogP contribution in [0.15, 0.2) is 30.6 Å². The summed E-state index contributed by atoms with van der Waals surface area (Å²) in [6, 6.07) is 5.85. The molecular weight excluding hydrogens is 503 g/mol. The number of nitrogens with zero attached hydrogens (tertiary/aromatic N) is 3. The summed E-state index contributed by atoms with van der Waals surface area (Å²) < 4.78 is 44.1. The van der Waals surface area contributed by atoms with Crippen LogP contribution in [-0.4, -0.2) is 56.8 Å². The van der Waals surface area contributed by atoms with Gasteiger partial charge in [0.2, 0.25) is 0 Å². The summed E-state index contributed by atoms with van der Waals surface area (Å²) in [5, 5.41) is 13.3. The number of benzene rings is 1. The molecule has 0 unspecified atom stereocenters. The number of aromatic nitrogens is 2. The van der Waals surface area contributed by atoms with Gasteiger partial charge in [-0.25, -0.2) is 4.98 Å². The molecule has 6 nitrogen and oxygen atoms in total. The number of thiazole rings is 1. The number of aryl methyl sites for hydroxylation is 1. The van der Waals surface area contributed by atoms with Crippen molar-refractivity contribution in [2.24, 2.45) is 13.0 Å². The van der Waals surface area contributed by atoms with E-state index in [1.807, 2.05) is 42.2 Å². The zero-order valence-corrected chi connectivity index (χ0v) is 21.7. The highest BCUT2D eigenvalue weighted by Gasteiger charge is 2.35. The number of ether oxygens (including phenoxy) is 1. The smallest absolute Gasteiger partial charge is 0.422 e. The number of alkyl halides is 3. The minimum atomic E-state index is -4.38. The highest BCUT2D eigenvalue weighted by atomic mass is 32.1. The van der Waals surface area contributed by atoms with Gasteiger partial charge in [-0.15, -0.1) is 0 Å². The zero-order valence-electron chi connectivity index (χ0n) is 20.9. The first-order chi connectivity index (χ1) is 17.6. The number of hydrogen-bond donors (Lipinski definition) is 1. The van der Waals surface area contributed by atoms with Crippen LogP contribution in [0.25, 0.3) is 10.8 Å². The normalized spacial score (nSPS) is 22.8. The molecule has 0 radical (unpaired) electrons. The number of carbonyl (C=O) groups excluding carboxylic acids is 1. The standard InChI is InChI=1S/C27H32F3N3O3S/c1-32-14-19-3-2-4-20(21(19)15-32)23(34)13-18-5-8-26(35,9-6-18)10-12-33-11-7-24-22(16-33)31-25(37-24)36-17-27(28,29)30/h2-4,14-15,18,35H,5-13,16-17H2,1H3. The van der Waals surface area contributed by atoms with Crippen LogP contribution in [0.2, 0.25) is 0 Å². The van der Waals surface area contributed by atoms with Gasteiger partial charge in [0.25, 0.3) is 5.19 Å². The highest BCUT2D eigenvalue weighted by Crippen LogP contribution is 2.38. The second-order valence-electron chi connectivity index (χ2n) is 10.6. The Morgan fingerprint density at radius 3 is 2.81 bits per heavy atom. The van der Waals surface area contributed by atoms with E-state index >= 15 is 0 Å². The Bertz CT molecular complexity index is 1260. The molecule has 0 atom stereocenters. The number of fused-ring (bicyclic) bond motifs is 2. The van der Waals surface area contributed by atoms with Gasteiger partial charge in [-0.2, -0.15) is 13.2 Å². The van der Waals surface area contributed by atoms with Gasteiger partial charge in [-0.05, 0) is 44.4 Å². The Morgan fingerprint density at radius 2 is 2.05 bits per heavy atom. The SMILES string of the molecule is Cn1cc2cccc(C(=O)CC3CCC(O)(CCN4CCc5sc(OCC(F)(F)F)nc5C4)CC3)c2c1. The van der Waals surface area contributed by atoms with Crippen LogP contribution in [0.4, 0.5) is 13.2 Å². The molecule has 0 saturated heterocycles. The Morgan fingerprint density at radius 1 is 1.27 bits per heavy atom. The molecule has 1 fully saturated rings. The van der Waals surface area contributed by atoms with E-state index in [4.69, 9.17) is 4.74 Å². The fourth-order valence-electron chi connectivity index (χ4n) is 5.58. The minimum Gasteiger partial charge on any atom is -0.460 e. The highest BCUT2D eigenvalue weighted by molar-refractivity contribution is 7.13. The van der Waals surface area contributed by atoms with E-state index in [2.05, 4.69) is 9.88 Å². The summed E-state index contributed by atoms with van der Waals surface area (Å²) in [4.78, 5) is 20.5. The molecule has 1 aromatic carbocycles. The van der Waals surface area contributed by atoms with Crippen molar-refractivity contribution < 1.29 is 27.8 Å². The number of carbonyl (C=O) groups is 1. The van der Waals surface area contributed by atoms with Crippen LogP contribution in [0.1, 0.15) is 59.5 Å². The monoisotopic (exact) mass is 535 g/mol. The molecule has 1 aliphatic carbocycles. The summed E-state index contributed by atoms with van der Waals surface area (Å²) >= 11 is 1.19. The molecule has 1 aliphatic heterocycles. The quantitative estimate of drug-likeness (QED) is 0.385. The van der Waals surface area contributed by atoms with Crippen molar-refractivity contribution in [3.05, 3.63) is 46.7 Å². The van der Waals surface area contributed by atoms with Gasteiger partial charge in [0.05, 0.1) is 11.3 Å². The lowest BCUT2D eigenvalue weighted by Crippen LogP contribution is -2.40. The van der Waals surface area contributed by atoms with Crippen LogP contribution in [-0.2, 0) is 20.0 Å². The van der Waals surface area contributed by atoms with Gasteiger partial charge in [-0.1, -0.05) is 29.5 Å². The number of halogens is 3. The van der Waals surface area contributed by atoms with Gasteiger partial charge < -0.3 is 14.4 Å². The maximum absolute atomic E-state index is 13.1. The van der Waals surface area contributed by atoms with Crippen LogP contribution >= 0.6 is 11.3 Å². The molecule has 1 saturated carbocycles. The van der Waals surface area contributed by atoms with Crippen LogP contribution in [0.5, 0.6) is 5.19 Å². The average Bonchev–Trinajstić information content (AvgIpc) is 3.44. The summed E-state index contributed by atoms with van der Waals surface area (Å²) in [6.07, 6.45) is 4.48. The third kappa shape index (κ3) is 6.35. The van der Waals surface area contributed by atoms with Crippen LogP contribution < -0.4 is 4.74 Å². The lowest BCUT2D eigenvalue weighted by atomic mass is 9.75. The molecule has 0 bridgehead atoms. The number of Topliss-reactive ketones (excluding diaryl/α,β-unsaturated/α-hetero) is 1. The summed E-state index contributed by atoms with van der Waals surface area (Å²) in [7, 11) is 1.96. The third-order valence-electron chi connectivity index (χ3n) is 7.67. The molecule has 5 rings (SSSR count). The predicted molar refractivity (Wildman–Crippen MR) is 136 cm³/mol. The summed E-state index contributed by atoms with van der Waals surface area (Å²) in [5.74, 6) is 0.438. The van der Waals surface area contributed by atoms with Gasteiger partial charge >= 0.3 is 6.18 Å². The van der Waals surface area contributed by atoms with Gasteiger partial charge in [0.15, 0.2) is 12.4 Å². The van der Waals surface area contributed by atoms with Crippen molar-refractivity contribution in [2.75, 3.05) is 19.7 Å². The molecule has 37 heavy (non-hydrogen) atoms. The van der Waals surface area contributed by atoms with Gasteiger partial charge in [-0.3, -0.25) is 9.69 Å². The molecule has 200 valence electrons. The minimum absolute atomic E-state index is 0.0687. The first-order valence-corrected chi connectivity index (χ1v) is 13.6. The molecule has 2 aromatic heterocycles. The molecule has 0 amide bonds. The largest absolute Gasteiger partial charge is 0.460 e. The number of rotatable bonds is 8.